The van der Waals surface area contributed by atoms with Gasteiger partial charge < -0.3 is 10.0 Å². The lowest BCUT2D eigenvalue weighted by Crippen LogP contribution is -2.31. The number of hydrogen-bond acceptors (Lipinski definition) is 3. The molecule has 1 aliphatic rings. The van der Waals surface area contributed by atoms with Crippen LogP contribution in [0.3, 0.4) is 0 Å². The van der Waals surface area contributed by atoms with Crippen molar-refractivity contribution in [2.24, 2.45) is 5.41 Å². The summed E-state index contributed by atoms with van der Waals surface area (Å²) in [4.78, 5) is 18.4. The zero-order valence-corrected chi connectivity index (χ0v) is 11.3. The van der Waals surface area contributed by atoms with Crippen molar-refractivity contribution in [3.8, 4) is 11.8 Å². The quantitative estimate of drug-likeness (QED) is 0.772. The molecular weight excluding hydrogens is 240 g/mol. The van der Waals surface area contributed by atoms with Gasteiger partial charge in [-0.1, -0.05) is 25.7 Å². The molecular formula is C15H18N2O2. The first-order valence-electron chi connectivity index (χ1n) is 6.37. The highest BCUT2D eigenvalue weighted by atomic mass is 16.2. The van der Waals surface area contributed by atoms with Crippen molar-refractivity contribution < 1.29 is 9.90 Å². The summed E-state index contributed by atoms with van der Waals surface area (Å²) < 4.78 is 0. The molecule has 4 heteroatoms. The molecule has 100 valence electrons. The van der Waals surface area contributed by atoms with E-state index in [0.29, 0.717) is 11.3 Å². The first-order chi connectivity index (χ1) is 9.03. The van der Waals surface area contributed by atoms with Crippen LogP contribution in [0.15, 0.2) is 18.3 Å². The third kappa shape index (κ3) is 3.12. The normalized spacial score (nSPS) is 16.9. The number of aliphatic hydroxyl groups is 1. The number of aromatic nitrogens is 1. The van der Waals surface area contributed by atoms with Crippen LogP contribution in [0.1, 0.15) is 36.3 Å². The lowest BCUT2D eigenvalue weighted by molar-refractivity contribution is 0.0772. The number of carbonyl (C=O) groups is 1. The largest absolute Gasteiger partial charge is 0.384 e. The first-order valence-corrected chi connectivity index (χ1v) is 6.37. The van der Waals surface area contributed by atoms with Crippen LogP contribution in [0, 0.1) is 17.3 Å². The molecule has 0 radical (unpaired) electrons. The zero-order valence-electron chi connectivity index (χ0n) is 11.3. The van der Waals surface area contributed by atoms with E-state index >= 15 is 0 Å². The highest BCUT2D eigenvalue weighted by molar-refractivity contribution is 5.95. The molecule has 1 amide bonds. The second kappa shape index (κ2) is 5.41. The van der Waals surface area contributed by atoms with Crippen molar-refractivity contribution in [2.45, 2.75) is 20.3 Å². The first kappa shape index (κ1) is 13.6. The lowest BCUT2D eigenvalue weighted by atomic mass is 9.93. The summed E-state index contributed by atoms with van der Waals surface area (Å²) in [6, 6.07) is 3.50. The molecule has 0 atom stereocenters. The van der Waals surface area contributed by atoms with E-state index in [0.717, 1.165) is 19.5 Å². The summed E-state index contributed by atoms with van der Waals surface area (Å²) >= 11 is 0. The van der Waals surface area contributed by atoms with Crippen LogP contribution >= 0.6 is 0 Å². The van der Waals surface area contributed by atoms with E-state index < -0.39 is 0 Å². The van der Waals surface area contributed by atoms with Gasteiger partial charge in [-0.2, -0.15) is 0 Å². The van der Waals surface area contributed by atoms with E-state index in [-0.39, 0.29) is 17.9 Å². The highest BCUT2D eigenvalue weighted by Gasteiger charge is 2.33. The van der Waals surface area contributed by atoms with Crippen LogP contribution in [-0.2, 0) is 0 Å². The van der Waals surface area contributed by atoms with Gasteiger partial charge in [0, 0.05) is 19.3 Å². The summed E-state index contributed by atoms with van der Waals surface area (Å²) in [5.41, 5.74) is 1.12. The Bertz CT molecular complexity index is 541. The second-order valence-corrected chi connectivity index (χ2v) is 5.50. The number of amides is 1. The number of carbonyl (C=O) groups excluding carboxylic acids is 1. The van der Waals surface area contributed by atoms with Crippen LogP contribution in [0.4, 0.5) is 0 Å². The van der Waals surface area contributed by atoms with Crippen LogP contribution in [0.5, 0.6) is 0 Å². The van der Waals surface area contributed by atoms with Gasteiger partial charge in [0.1, 0.15) is 12.3 Å². The molecule has 0 spiro atoms. The molecule has 1 aromatic heterocycles. The predicted octanol–water partition coefficient (Wildman–Crippen LogP) is 1.30. The minimum Gasteiger partial charge on any atom is -0.384 e. The van der Waals surface area contributed by atoms with E-state index in [1.807, 2.05) is 4.90 Å². The minimum atomic E-state index is -0.223. The minimum absolute atomic E-state index is 0.0755. The third-order valence-electron chi connectivity index (χ3n) is 3.28. The molecule has 1 saturated heterocycles. The van der Waals surface area contributed by atoms with Gasteiger partial charge in [0.05, 0.1) is 5.56 Å². The fourth-order valence-electron chi connectivity index (χ4n) is 2.25. The predicted molar refractivity (Wildman–Crippen MR) is 72.5 cm³/mol. The Kier molecular flexibility index (Phi) is 3.87. The lowest BCUT2D eigenvalue weighted by Gasteiger charge is -2.19. The smallest absolute Gasteiger partial charge is 0.273 e. The fraction of sp³-hybridized carbons (Fsp3) is 0.467. The van der Waals surface area contributed by atoms with Crippen molar-refractivity contribution in [1.29, 1.82) is 0 Å². The van der Waals surface area contributed by atoms with Crippen molar-refractivity contribution >= 4 is 5.91 Å². The number of likely N-dealkylation sites (tertiary alicyclic amines) is 1. The highest BCUT2D eigenvalue weighted by Crippen LogP contribution is 2.29. The Hall–Kier alpha value is -1.86. The molecule has 1 aliphatic heterocycles. The van der Waals surface area contributed by atoms with Crippen molar-refractivity contribution in [3.05, 3.63) is 29.6 Å². The Morgan fingerprint density at radius 3 is 3.00 bits per heavy atom. The maximum Gasteiger partial charge on any atom is 0.273 e. The molecule has 4 nitrogen and oxygen atoms in total. The van der Waals surface area contributed by atoms with Crippen molar-refractivity contribution in [3.63, 3.8) is 0 Å². The molecule has 0 unspecified atom stereocenters. The fourth-order valence-corrected chi connectivity index (χ4v) is 2.25. The van der Waals surface area contributed by atoms with Crippen LogP contribution < -0.4 is 0 Å². The zero-order chi connectivity index (χ0) is 13.9. The van der Waals surface area contributed by atoms with E-state index in [1.165, 1.54) is 0 Å². The van der Waals surface area contributed by atoms with Gasteiger partial charge >= 0.3 is 0 Å². The number of hydrogen-bond donors (Lipinski definition) is 1. The van der Waals surface area contributed by atoms with Crippen LogP contribution in [0.2, 0.25) is 0 Å². The van der Waals surface area contributed by atoms with Gasteiger partial charge in [-0.05, 0) is 24.0 Å². The Morgan fingerprint density at radius 2 is 2.37 bits per heavy atom. The molecule has 2 heterocycles. The summed E-state index contributed by atoms with van der Waals surface area (Å²) in [6.45, 7) is 5.60. The molecule has 0 bridgehead atoms. The SMILES string of the molecule is CC1(C)CCN(C(=O)c2ncccc2C#CCO)C1. The topological polar surface area (TPSA) is 53.4 Å². The number of nitrogens with zero attached hydrogens (tertiary/aromatic N) is 2. The van der Waals surface area contributed by atoms with Gasteiger partial charge in [0.2, 0.25) is 0 Å². The maximum absolute atomic E-state index is 12.5. The molecule has 2 rings (SSSR count). The summed E-state index contributed by atoms with van der Waals surface area (Å²) in [7, 11) is 0. The maximum atomic E-state index is 12.5. The Balaban J connectivity index is 2.25. The molecule has 1 N–H and O–H groups in total. The molecule has 0 saturated carbocycles. The molecule has 0 aromatic carbocycles. The van der Waals surface area contributed by atoms with E-state index in [1.54, 1.807) is 18.3 Å². The number of rotatable bonds is 1. The van der Waals surface area contributed by atoms with Crippen LogP contribution in [-0.4, -0.2) is 40.6 Å². The monoisotopic (exact) mass is 258 g/mol. The number of pyridine rings is 1. The average molecular weight is 258 g/mol. The Labute approximate surface area is 113 Å². The standard InChI is InChI=1S/C15H18N2O2/c1-15(2)7-9-17(11-15)14(19)13-12(6-4-10-18)5-3-8-16-13/h3,5,8,18H,7,9-11H2,1-2H3. The molecule has 1 fully saturated rings. The van der Waals surface area contributed by atoms with E-state index in [9.17, 15) is 4.79 Å². The van der Waals surface area contributed by atoms with Gasteiger partial charge in [-0.3, -0.25) is 4.79 Å². The molecule has 0 aliphatic carbocycles. The second-order valence-electron chi connectivity index (χ2n) is 5.50. The third-order valence-corrected chi connectivity index (χ3v) is 3.28. The summed E-state index contributed by atoms with van der Waals surface area (Å²) in [5, 5.41) is 8.75. The van der Waals surface area contributed by atoms with Crippen molar-refractivity contribution in [2.75, 3.05) is 19.7 Å². The Morgan fingerprint density at radius 1 is 1.58 bits per heavy atom. The van der Waals surface area contributed by atoms with Crippen molar-refractivity contribution in [1.82, 2.24) is 9.88 Å². The molecule has 1 aromatic rings. The van der Waals surface area contributed by atoms with E-state index in [4.69, 9.17) is 5.11 Å². The van der Waals surface area contributed by atoms with Gasteiger partial charge in [-0.25, -0.2) is 4.98 Å². The molecule has 19 heavy (non-hydrogen) atoms. The number of aliphatic hydroxyl groups excluding tert-OH is 1. The average Bonchev–Trinajstić information content (AvgIpc) is 2.76. The summed E-state index contributed by atoms with van der Waals surface area (Å²) in [5.74, 6) is 5.26. The van der Waals surface area contributed by atoms with Gasteiger partial charge in [0.25, 0.3) is 5.91 Å². The van der Waals surface area contributed by atoms with Gasteiger partial charge in [-0.15, -0.1) is 0 Å². The van der Waals surface area contributed by atoms with Crippen LogP contribution in [0.25, 0.3) is 0 Å². The summed E-state index contributed by atoms with van der Waals surface area (Å²) in [6.07, 6.45) is 2.60. The van der Waals surface area contributed by atoms with E-state index in [2.05, 4.69) is 30.7 Å². The van der Waals surface area contributed by atoms with Gasteiger partial charge in [0.15, 0.2) is 0 Å².